The first-order valence-electron chi connectivity index (χ1n) is 14.0. The van der Waals surface area contributed by atoms with E-state index >= 15 is 0 Å². The Morgan fingerprint density at radius 1 is 1.08 bits per heavy atom. The molecule has 1 heterocycles. The first-order valence-corrected chi connectivity index (χ1v) is 14.7. The van der Waals surface area contributed by atoms with E-state index in [2.05, 4.69) is 23.4 Å². The van der Waals surface area contributed by atoms with Crippen LogP contribution in [0.2, 0.25) is 10.0 Å². The van der Waals surface area contributed by atoms with E-state index in [1.807, 2.05) is 44.2 Å². The van der Waals surface area contributed by atoms with Crippen LogP contribution in [0, 0.1) is 28.6 Å². The lowest BCUT2D eigenvalue weighted by Gasteiger charge is -2.43. The molecule has 2 aromatic carbocycles. The summed E-state index contributed by atoms with van der Waals surface area (Å²) in [6, 6.07) is 16.1. The van der Waals surface area contributed by atoms with E-state index in [4.69, 9.17) is 32.5 Å². The van der Waals surface area contributed by atoms with Gasteiger partial charge >= 0.3 is 0 Å². The van der Waals surface area contributed by atoms with Crippen LogP contribution in [-0.2, 0) is 23.4 Å². The third kappa shape index (κ3) is 5.02. The Balaban J connectivity index is 1.21. The molecule has 0 saturated heterocycles. The molecule has 2 unspecified atom stereocenters. The highest BCUT2D eigenvalue weighted by Crippen LogP contribution is 2.56. The molecule has 3 aromatic rings. The number of hydrogen-bond donors (Lipinski definition) is 1. The van der Waals surface area contributed by atoms with Crippen LogP contribution in [0.3, 0.4) is 0 Å². The number of ether oxygens (including phenoxy) is 1. The molecule has 1 aromatic heterocycles. The molecule has 3 fully saturated rings. The van der Waals surface area contributed by atoms with Crippen LogP contribution in [0.15, 0.2) is 47.0 Å². The first kappa shape index (κ1) is 26.8. The summed E-state index contributed by atoms with van der Waals surface area (Å²) in [7, 11) is 0. The minimum Gasteiger partial charge on any atom is -0.385 e. The van der Waals surface area contributed by atoms with Crippen LogP contribution in [0.25, 0.3) is 11.3 Å². The van der Waals surface area contributed by atoms with Crippen molar-refractivity contribution < 1.29 is 14.4 Å². The Kier molecular flexibility index (Phi) is 7.04. The molecular formula is C32H34Cl2N2O3. The third-order valence-electron chi connectivity index (χ3n) is 8.97. The lowest BCUT2D eigenvalue weighted by atomic mass is 9.69. The minimum absolute atomic E-state index is 0.0417. The maximum absolute atomic E-state index is 12.1. The van der Waals surface area contributed by atoms with Gasteiger partial charge in [0.1, 0.15) is 11.5 Å². The zero-order valence-corrected chi connectivity index (χ0v) is 23.9. The molecule has 3 aliphatic rings. The van der Waals surface area contributed by atoms with Gasteiger partial charge in [-0.1, -0.05) is 58.7 Å². The molecule has 204 valence electrons. The molecule has 0 radical (unpaired) electrons. The van der Waals surface area contributed by atoms with Crippen LogP contribution < -0.4 is 0 Å². The molecular weight excluding hydrogens is 531 g/mol. The average molecular weight is 566 g/mol. The average Bonchev–Trinajstić information content (AvgIpc) is 3.65. The number of benzene rings is 2. The third-order valence-corrected chi connectivity index (χ3v) is 9.60. The fourth-order valence-corrected chi connectivity index (χ4v) is 7.42. The topological polar surface area (TPSA) is 79.3 Å². The van der Waals surface area contributed by atoms with Gasteiger partial charge in [0.05, 0.1) is 39.8 Å². The zero-order valence-electron chi connectivity index (χ0n) is 22.4. The number of nitriles is 1. The summed E-state index contributed by atoms with van der Waals surface area (Å²) in [5.74, 6) is 1.51. The molecule has 0 spiro atoms. The molecule has 5 nitrogen and oxygen atoms in total. The van der Waals surface area contributed by atoms with Gasteiger partial charge in [-0.25, -0.2) is 0 Å². The van der Waals surface area contributed by atoms with Crippen molar-refractivity contribution in [2.24, 2.45) is 17.3 Å². The Morgan fingerprint density at radius 3 is 2.38 bits per heavy atom. The van der Waals surface area contributed by atoms with Crippen LogP contribution in [0.5, 0.6) is 0 Å². The molecule has 3 aliphatic carbocycles. The van der Waals surface area contributed by atoms with Gasteiger partial charge in [-0.3, -0.25) is 0 Å². The van der Waals surface area contributed by atoms with Crippen LogP contribution in [-0.4, -0.2) is 16.4 Å². The first-order chi connectivity index (χ1) is 18.7. The molecule has 6 rings (SSSR count). The quantitative estimate of drug-likeness (QED) is 0.298. The molecule has 39 heavy (non-hydrogen) atoms. The van der Waals surface area contributed by atoms with Gasteiger partial charge in [-0.15, -0.1) is 0 Å². The van der Waals surface area contributed by atoms with Crippen LogP contribution in [0.4, 0.5) is 0 Å². The second kappa shape index (κ2) is 10.2. The van der Waals surface area contributed by atoms with Gasteiger partial charge in [-0.05, 0) is 93.9 Å². The van der Waals surface area contributed by atoms with E-state index in [0.29, 0.717) is 40.2 Å². The van der Waals surface area contributed by atoms with Crippen molar-refractivity contribution in [3.8, 4) is 17.3 Å². The van der Waals surface area contributed by atoms with E-state index in [0.717, 1.165) is 61.0 Å². The van der Waals surface area contributed by atoms with E-state index in [1.54, 1.807) is 0 Å². The standard InChI is InChI=1S/C32H34Cl2N2O3/c1-31(2,18-35)16-19-5-3-6-21(13-19)32(37)22-11-12-23(32)15-24(14-22)38-17-25-29(36-39-30(25)20-9-10-20)28-26(33)7-4-8-27(28)34/h3-8,13,20,22-24,37H,9-12,14-17H2,1-2H3/t22-,23+,24?,32?. The predicted octanol–water partition coefficient (Wildman–Crippen LogP) is 8.21. The van der Waals surface area contributed by atoms with Gasteiger partial charge in [0.15, 0.2) is 0 Å². The van der Waals surface area contributed by atoms with Crippen molar-refractivity contribution >= 4 is 23.2 Å². The molecule has 7 heteroatoms. The highest BCUT2D eigenvalue weighted by molar-refractivity contribution is 6.39. The number of aromatic nitrogens is 1. The maximum Gasteiger partial charge on any atom is 0.145 e. The maximum atomic E-state index is 12.1. The smallest absolute Gasteiger partial charge is 0.145 e. The molecule has 0 amide bonds. The summed E-state index contributed by atoms with van der Waals surface area (Å²) < 4.78 is 12.4. The Bertz CT molecular complexity index is 1390. The predicted molar refractivity (Wildman–Crippen MR) is 151 cm³/mol. The van der Waals surface area contributed by atoms with Gasteiger partial charge in [0, 0.05) is 17.0 Å². The van der Waals surface area contributed by atoms with Crippen molar-refractivity contribution in [2.45, 2.75) is 83.0 Å². The van der Waals surface area contributed by atoms with Gasteiger partial charge in [0.25, 0.3) is 0 Å². The van der Waals surface area contributed by atoms with Crippen molar-refractivity contribution in [1.82, 2.24) is 5.16 Å². The summed E-state index contributed by atoms with van der Waals surface area (Å²) in [5, 5.41) is 27.1. The van der Waals surface area contributed by atoms with Crippen LogP contribution in [0.1, 0.15) is 80.7 Å². The summed E-state index contributed by atoms with van der Waals surface area (Å²) in [6.07, 6.45) is 6.44. The number of aliphatic hydroxyl groups is 1. The molecule has 3 saturated carbocycles. The fraction of sp³-hybridized carbons (Fsp3) is 0.500. The number of nitrogens with zero attached hydrogens (tertiary/aromatic N) is 2. The largest absolute Gasteiger partial charge is 0.385 e. The second-order valence-electron chi connectivity index (χ2n) is 12.3. The monoisotopic (exact) mass is 564 g/mol. The van der Waals surface area contributed by atoms with Gasteiger partial charge < -0.3 is 14.4 Å². The van der Waals surface area contributed by atoms with Crippen molar-refractivity contribution in [3.05, 3.63) is 75.0 Å². The number of hydrogen-bond acceptors (Lipinski definition) is 5. The Hall–Kier alpha value is -2.36. The summed E-state index contributed by atoms with van der Waals surface area (Å²) in [4.78, 5) is 0. The lowest BCUT2D eigenvalue weighted by molar-refractivity contribution is -0.116. The molecule has 2 bridgehead atoms. The minimum atomic E-state index is -0.862. The fourth-order valence-electron chi connectivity index (χ4n) is 6.84. The van der Waals surface area contributed by atoms with Gasteiger partial charge in [0.2, 0.25) is 0 Å². The van der Waals surface area contributed by atoms with E-state index in [9.17, 15) is 10.4 Å². The second-order valence-corrected chi connectivity index (χ2v) is 13.1. The van der Waals surface area contributed by atoms with Crippen molar-refractivity contribution in [3.63, 3.8) is 0 Å². The van der Waals surface area contributed by atoms with Crippen molar-refractivity contribution in [2.75, 3.05) is 0 Å². The zero-order chi connectivity index (χ0) is 27.4. The van der Waals surface area contributed by atoms with E-state index in [-0.39, 0.29) is 17.9 Å². The number of fused-ring (bicyclic) bond motifs is 2. The van der Waals surface area contributed by atoms with Gasteiger partial charge in [-0.2, -0.15) is 5.26 Å². The molecule has 4 atom stereocenters. The van der Waals surface area contributed by atoms with E-state index in [1.165, 1.54) is 0 Å². The SMILES string of the molecule is CC(C)(C#N)Cc1cccc(C2(O)[C@@H]3CC[C@H]2CC(OCc2c(-c4c(Cl)cccc4Cl)noc2C2CC2)C3)c1. The highest BCUT2D eigenvalue weighted by atomic mass is 35.5. The Labute approximate surface area is 240 Å². The van der Waals surface area contributed by atoms with Crippen LogP contribution >= 0.6 is 23.2 Å². The molecule has 1 N–H and O–H groups in total. The normalized spacial score (nSPS) is 26.5. The summed E-state index contributed by atoms with van der Waals surface area (Å²) in [5.41, 5.74) is 3.06. The molecule has 0 aliphatic heterocycles. The lowest BCUT2D eigenvalue weighted by Crippen LogP contribution is -2.44. The Morgan fingerprint density at radius 2 is 1.74 bits per heavy atom. The number of halogens is 2. The summed E-state index contributed by atoms with van der Waals surface area (Å²) in [6.45, 7) is 4.29. The van der Waals surface area contributed by atoms with Crippen molar-refractivity contribution in [1.29, 1.82) is 5.26 Å². The van der Waals surface area contributed by atoms with E-state index < -0.39 is 11.0 Å². The highest BCUT2D eigenvalue weighted by Gasteiger charge is 2.54. The number of rotatable bonds is 8. The summed E-state index contributed by atoms with van der Waals surface area (Å²) >= 11 is 13.1.